The average molecular weight is 395 g/mol. The van der Waals surface area contributed by atoms with Crippen LogP contribution < -0.4 is 20.9 Å². The Kier molecular flexibility index (Phi) is 6.75. The highest BCUT2D eigenvalue weighted by molar-refractivity contribution is 6.04. The van der Waals surface area contributed by atoms with Crippen LogP contribution in [-0.4, -0.2) is 31.1 Å². The second-order valence-corrected chi connectivity index (χ2v) is 7.68. The third kappa shape index (κ3) is 5.50. The number of rotatable bonds is 6. The molecule has 0 spiro atoms. The molecule has 0 unspecified atom stereocenters. The molecule has 0 atom stereocenters. The largest absolute Gasteiger partial charge is 0.371 e. The van der Waals surface area contributed by atoms with E-state index < -0.39 is 0 Å². The molecule has 3 rings (SSSR count). The zero-order valence-electron chi connectivity index (χ0n) is 17.4. The Labute approximate surface area is 172 Å². The Morgan fingerprint density at radius 3 is 2.21 bits per heavy atom. The second-order valence-electron chi connectivity index (χ2n) is 7.68. The average Bonchev–Trinajstić information content (AvgIpc) is 3.22. The Hall–Kier alpha value is -3.02. The van der Waals surface area contributed by atoms with Crippen LogP contribution in [0.25, 0.3) is 0 Å². The fraction of sp³-hybridized carbons (Fsp3) is 0.391. The maximum absolute atomic E-state index is 12.8. The first-order chi connectivity index (χ1) is 14.0. The van der Waals surface area contributed by atoms with Gasteiger partial charge in [-0.05, 0) is 69.0 Å². The first-order valence-corrected chi connectivity index (χ1v) is 10.3. The summed E-state index contributed by atoms with van der Waals surface area (Å²) in [5, 5.41) is 8.63. The Morgan fingerprint density at radius 2 is 1.59 bits per heavy atom. The van der Waals surface area contributed by atoms with Gasteiger partial charge in [0.15, 0.2) is 0 Å². The van der Waals surface area contributed by atoms with Gasteiger partial charge in [0.25, 0.3) is 5.91 Å². The van der Waals surface area contributed by atoms with E-state index in [4.69, 9.17) is 0 Å². The van der Waals surface area contributed by atoms with Crippen molar-refractivity contribution in [1.29, 1.82) is 0 Å². The fourth-order valence-electron chi connectivity index (χ4n) is 3.49. The number of urea groups is 1. The van der Waals surface area contributed by atoms with Crippen molar-refractivity contribution in [3.8, 4) is 0 Å². The molecule has 1 aliphatic heterocycles. The number of anilines is 3. The third-order valence-electron chi connectivity index (χ3n) is 4.99. The van der Waals surface area contributed by atoms with Gasteiger partial charge >= 0.3 is 6.03 Å². The maximum atomic E-state index is 12.8. The van der Waals surface area contributed by atoms with Crippen LogP contribution in [0.2, 0.25) is 0 Å². The Bertz CT molecular complexity index is 856. The van der Waals surface area contributed by atoms with Crippen LogP contribution in [0.5, 0.6) is 0 Å². The number of nitrogens with zero attached hydrogens (tertiary/aromatic N) is 1. The SMILES string of the molecule is CCc1ccc(NC(=O)Nc2ccc(N3CCCC3)c(C(=O)NC(C)C)c2)cc1. The minimum atomic E-state index is -0.335. The molecule has 29 heavy (non-hydrogen) atoms. The van der Waals surface area contributed by atoms with Crippen molar-refractivity contribution >= 4 is 29.0 Å². The normalized spacial score (nSPS) is 13.4. The summed E-state index contributed by atoms with van der Waals surface area (Å²) in [5.41, 5.74) is 4.04. The lowest BCUT2D eigenvalue weighted by atomic mass is 10.1. The fourth-order valence-corrected chi connectivity index (χ4v) is 3.49. The van der Waals surface area contributed by atoms with Crippen molar-refractivity contribution in [2.75, 3.05) is 28.6 Å². The molecule has 1 fully saturated rings. The summed E-state index contributed by atoms with van der Waals surface area (Å²) in [4.78, 5) is 27.4. The van der Waals surface area contributed by atoms with Crippen LogP contribution in [0.4, 0.5) is 21.9 Å². The highest BCUT2D eigenvalue weighted by Gasteiger charge is 2.21. The van der Waals surface area contributed by atoms with Crippen LogP contribution >= 0.6 is 0 Å². The van der Waals surface area contributed by atoms with Gasteiger partial charge in [0, 0.05) is 36.2 Å². The second kappa shape index (κ2) is 9.45. The van der Waals surface area contributed by atoms with Gasteiger partial charge in [-0.15, -0.1) is 0 Å². The number of carbonyl (C=O) groups is 2. The molecule has 0 aromatic heterocycles. The lowest BCUT2D eigenvalue weighted by Crippen LogP contribution is -2.32. The molecular formula is C23H30N4O2. The molecule has 0 bridgehead atoms. The van der Waals surface area contributed by atoms with Crippen molar-refractivity contribution in [2.45, 2.75) is 46.1 Å². The molecule has 3 amide bonds. The number of nitrogens with one attached hydrogen (secondary N) is 3. The summed E-state index contributed by atoms with van der Waals surface area (Å²) < 4.78 is 0. The smallest absolute Gasteiger partial charge is 0.323 e. The number of hydrogen-bond acceptors (Lipinski definition) is 3. The van der Waals surface area contributed by atoms with E-state index in [-0.39, 0.29) is 18.0 Å². The zero-order chi connectivity index (χ0) is 20.8. The monoisotopic (exact) mass is 394 g/mol. The number of aryl methyl sites for hydroxylation is 1. The lowest BCUT2D eigenvalue weighted by molar-refractivity contribution is 0.0943. The predicted octanol–water partition coefficient (Wildman–Crippen LogP) is 4.63. The van der Waals surface area contributed by atoms with Gasteiger partial charge < -0.3 is 20.9 Å². The van der Waals surface area contributed by atoms with Gasteiger partial charge in [-0.25, -0.2) is 4.79 Å². The van der Waals surface area contributed by atoms with Crippen molar-refractivity contribution in [3.05, 3.63) is 53.6 Å². The van der Waals surface area contributed by atoms with Gasteiger partial charge in [0.05, 0.1) is 5.56 Å². The van der Waals surface area contributed by atoms with Crippen LogP contribution in [0.1, 0.15) is 49.5 Å². The molecule has 2 aromatic carbocycles. The lowest BCUT2D eigenvalue weighted by Gasteiger charge is -2.22. The Morgan fingerprint density at radius 1 is 0.966 bits per heavy atom. The van der Waals surface area contributed by atoms with E-state index in [2.05, 4.69) is 27.8 Å². The number of hydrogen-bond donors (Lipinski definition) is 3. The van der Waals surface area contributed by atoms with Gasteiger partial charge in [-0.1, -0.05) is 19.1 Å². The molecule has 2 aromatic rings. The van der Waals surface area contributed by atoms with E-state index in [9.17, 15) is 9.59 Å². The first-order valence-electron chi connectivity index (χ1n) is 10.3. The van der Waals surface area contributed by atoms with Crippen LogP contribution in [0, 0.1) is 0 Å². The molecule has 1 heterocycles. The quantitative estimate of drug-likeness (QED) is 0.669. The van der Waals surface area contributed by atoms with Crippen molar-refractivity contribution in [2.24, 2.45) is 0 Å². The van der Waals surface area contributed by atoms with E-state index in [0.717, 1.165) is 43.7 Å². The van der Waals surface area contributed by atoms with Gasteiger partial charge in [0.1, 0.15) is 0 Å². The van der Waals surface area contributed by atoms with E-state index in [1.165, 1.54) is 5.56 Å². The van der Waals surface area contributed by atoms with Crippen molar-refractivity contribution < 1.29 is 9.59 Å². The van der Waals surface area contributed by atoms with Crippen molar-refractivity contribution in [3.63, 3.8) is 0 Å². The molecule has 3 N–H and O–H groups in total. The molecule has 6 nitrogen and oxygen atoms in total. The summed E-state index contributed by atoms with van der Waals surface area (Å²) in [5.74, 6) is -0.124. The summed E-state index contributed by atoms with van der Waals surface area (Å²) in [7, 11) is 0. The van der Waals surface area contributed by atoms with E-state index >= 15 is 0 Å². The summed E-state index contributed by atoms with van der Waals surface area (Å²) >= 11 is 0. The summed E-state index contributed by atoms with van der Waals surface area (Å²) in [6, 6.07) is 13.0. The molecule has 154 valence electrons. The standard InChI is InChI=1S/C23H30N4O2/c1-4-17-7-9-18(10-8-17)25-23(29)26-19-11-12-21(27-13-5-6-14-27)20(15-19)22(28)24-16(2)3/h7-12,15-16H,4-6,13-14H2,1-3H3,(H,24,28)(H2,25,26,29). The number of benzene rings is 2. The topological polar surface area (TPSA) is 73.5 Å². The highest BCUT2D eigenvalue weighted by Crippen LogP contribution is 2.28. The number of amides is 3. The van der Waals surface area contributed by atoms with Crippen molar-refractivity contribution in [1.82, 2.24) is 5.32 Å². The first kappa shape index (κ1) is 20.7. The van der Waals surface area contributed by atoms with Crippen LogP contribution in [0.3, 0.4) is 0 Å². The molecule has 0 radical (unpaired) electrons. The predicted molar refractivity (Wildman–Crippen MR) is 119 cm³/mol. The van der Waals surface area contributed by atoms with Gasteiger partial charge in [-0.3, -0.25) is 4.79 Å². The molecule has 0 saturated carbocycles. The molecule has 1 saturated heterocycles. The summed E-state index contributed by atoms with van der Waals surface area (Å²) in [6.07, 6.45) is 3.21. The molecule has 0 aliphatic carbocycles. The van der Waals surface area contributed by atoms with Crippen LogP contribution in [0.15, 0.2) is 42.5 Å². The van der Waals surface area contributed by atoms with E-state index in [0.29, 0.717) is 11.3 Å². The van der Waals surface area contributed by atoms with Crippen LogP contribution in [-0.2, 0) is 6.42 Å². The third-order valence-corrected chi connectivity index (χ3v) is 4.99. The van der Waals surface area contributed by atoms with E-state index in [1.54, 1.807) is 6.07 Å². The minimum absolute atomic E-state index is 0.0416. The Balaban J connectivity index is 1.75. The minimum Gasteiger partial charge on any atom is -0.371 e. The molecular weight excluding hydrogens is 364 g/mol. The van der Waals surface area contributed by atoms with Gasteiger partial charge in [-0.2, -0.15) is 0 Å². The molecule has 6 heteroatoms. The van der Waals surface area contributed by atoms with E-state index in [1.807, 2.05) is 50.2 Å². The molecule has 1 aliphatic rings. The maximum Gasteiger partial charge on any atom is 0.323 e. The van der Waals surface area contributed by atoms with Gasteiger partial charge in [0.2, 0.25) is 0 Å². The zero-order valence-corrected chi connectivity index (χ0v) is 17.4. The number of carbonyl (C=O) groups excluding carboxylic acids is 2. The summed E-state index contributed by atoms with van der Waals surface area (Å²) in [6.45, 7) is 7.86. The highest BCUT2D eigenvalue weighted by atomic mass is 16.2.